The Morgan fingerprint density at radius 3 is 2.70 bits per heavy atom. The Labute approximate surface area is 261 Å². The molecule has 9 nitrogen and oxygen atoms in total. The van der Waals surface area contributed by atoms with E-state index in [0.29, 0.717) is 43.7 Å². The number of fused-ring (bicyclic) bond motifs is 2. The van der Waals surface area contributed by atoms with Crippen molar-refractivity contribution in [3.8, 4) is 28.6 Å². The van der Waals surface area contributed by atoms with Crippen LogP contribution in [0.2, 0.25) is 0 Å². The van der Waals surface area contributed by atoms with Crippen molar-refractivity contribution in [3.63, 3.8) is 0 Å². The van der Waals surface area contributed by atoms with Gasteiger partial charge in [0.2, 0.25) is 5.82 Å². The van der Waals surface area contributed by atoms with Crippen molar-refractivity contribution in [3.05, 3.63) is 89.1 Å². The van der Waals surface area contributed by atoms with Gasteiger partial charge in [0.05, 0.1) is 28.6 Å². The lowest BCUT2D eigenvalue weighted by Gasteiger charge is -2.35. The highest BCUT2D eigenvalue weighted by Crippen LogP contribution is 2.47. The molecule has 2 aliphatic rings. The molecular weight excluding hydrogens is 623 g/mol. The van der Waals surface area contributed by atoms with Crippen LogP contribution < -0.4 is 9.47 Å². The molecule has 0 radical (unpaired) electrons. The number of aliphatic carboxylic acids is 1. The Kier molecular flexibility index (Phi) is 7.11. The molecule has 1 saturated carbocycles. The second kappa shape index (κ2) is 10.9. The molecule has 3 heterocycles. The van der Waals surface area contributed by atoms with Crippen LogP contribution in [0.15, 0.2) is 59.8 Å². The number of carbonyl (C=O) groups is 1. The number of halogens is 3. The zero-order valence-corrected chi connectivity index (χ0v) is 25.3. The minimum Gasteiger partial charge on any atom is -0.493 e. The zero-order chi connectivity index (χ0) is 32.4. The van der Waals surface area contributed by atoms with Crippen molar-refractivity contribution in [1.29, 1.82) is 0 Å². The van der Waals surface area contributed by atoms with Gasteiger partial charge in [-0.25, -0.2) is 22.2 Å². The first-order valence-electron chi connectivity index (χ1n) is 14.7. The predicted octanol–water partition coefficient (Wildman–Crippen LogP) is 6.81. The van der Waals surface area contributed by atoms with E-state index in [9.17, 15) is 13.2 Å². The van der Waals surface area contributed by atoms with E-state index in [1.807, 2.05) is 25.1 Å². The monoisotopic (exact) mass is 651 g/mol. The first kappa shape index (κ1) is 29.9. The van der Waals surface area contributed by atoms with Gasteiger partial charge in [0, 0.05) is 35.2 Å². The summed E-state index contributed by atoms with van der Waals surface area (Å²) >= 11 is 0. The summed E-state index contributed by atoms with van der Waals surface area (Å²) in [5.74, 6) is -4.55. The summed E-state index contributed by atoms with van der Waals surface area (Å²) in [5.41, 5.74) is 1.18. The van der Waals surface area contributed by atoms with Gasteiger partial charge in [-0.05, 0) is 62.4 Å². The molecule has 13 heteroatoms. The van der Waals surface area contributed by atoms with Gasteiger partial charge >= 0.3 is 5.97 Å². The Hall–Kier alpha value is -4.78. The number of ether oxygens (including phenoxy) is 2. The second-order valence-electron chi connectivity index (χ2n) is 11.8. The Balaban J connectivity index is 1.26. The highest BCUT2D eigenvalue weighted by molar-refractivity contribution is 7.92. The van der Waals surface area contributed by atoms with Crippen LogP contribution in [0.5, 0.6) is 17.2 Å². The van der Waals surface area contributed by atoms with Crippen LogP contribution in [0.4, 0.5) is 13.2 Å². The Morgan fingerprint density at radius 2 is 1.93 bits per heavy atom. The molecule has 2 aromatic heterocycles. The Morgan fingerprint density at radius 1 is 1.13 bits per heavy atom. The normalized spacial score (nSPS) is 17.9. The molecule has 1 atom stereocenters. The predicted molar refractivity (Wildman–Crippen MR) is 161 cm³/mol. The third-order valence-electron chi connectivity index (χ3n) is 8.76. The first-order chi connectivity index (χ1) is 22.0. The SMILES string of the molecule is C[C@@]1(c2c[nH]c(-c3cc(Oc4c(F)c(F)c5[nH]ccc5c4S(=O)(=O)C4CC4)ccc3F)n2)CCOc2c(CCC(=O)O)cccc21. The van der Waals surface area contributed by atoms with E-state index in [1.54, 1.807) is 6.20 Å². The average Bonchev–Trinajstić information content (AvgIpc) is 3.59. The second-order valence-corrected chi connectivity index (χ2v) is 14.0. The maximum absolute atomic E-state index is 15.4. The Bertz CT molecular complexity index is 2140. The highest BCUT2D eigenvalue weighted by Gasteiger charge is 2.42. The molecule has 1 aliphatic carbocycles. The molecule has 0 spiro atoms. The topological polar surface area (TPSA) is 134 Å². The number of rotatable bonds is 9. The van der Waals surface area contributed by atoms with Crippen molar-refractivity contribution in [2.45, 2.75) is 54.6 Å². The number of benzene rings is 3. The standard InChI is InChI=1S/C33H28F3N3O6S/c1-33(12-14-44-29-17(5-10-25(40)41)3-2-4-22(29)33)24-16-38-32(39-24)21-15-18(6-9-23(21)34)45-30-27(36)26(35)28-20(11-13-37-28)31(30)46(42,43)19-7-8-19/h2-4,6,9,11,13,15-16,19,37H,5,7-8,10,12,14H2,1H3,(H,38,39)(H,40,41)/t33-/m1/s1. The lowest BCUT2D eigenvalue weighted by Crippen LogP contribution is -2.32. The molecule has 46 heavy (non-hydrogen) atoms. The molecule has 0 saturated heterocycles. The molecule has 1 fully saturated rings. The number of H-pyrrole nitrogens is 2. The molecule has 1 aliphatic heterocycles. The van der Waals surface area contributed by atoms with Crippen LogP contribution in [0.3, 0.4) is 0 Å². The number of carboxylic acids is 1. The minimum absolute atomic E-state index is 0.0325. The van der Waals surface area contributed by atoms with Crippen molar-refractivity contribution in [2.75, 3.05) is 6.61 Å². The van der Waals surface area contributed by atoms with Crippen molar-refractivity contribution < 1.29 is 41.0 Å². The first-order valence-corrected chi connectivity index (χ1v) is 16.3. The van der Waals surface area contributed by atoms with Gasteiger partial charge < -0.3 is 24.5 Å². The number of aryl methyl sites for hydroxylation is 1. The largest absolute Gasteiger partial charge is 0.493 e. The van der Waals surface area contributed by atoms with E-state index >= 15 is 13.2 Å². The number of aromatic nitrogens is 3. The maximum atomic E-state index is 15.4. The minimum atomic E-state index is -4.06. The van der Waals surface area contributed by atoms with E-state index < -0.39 is 54.6 Å². The third-order valence-corrected chi connectivity index (χ3v) is 11.1. The van der Waals surface area contributed by atoms with Crippen molar-refractivity contribution in [1.82, 2.24) is 15.0 Å². The number of aromatic amines is 2. The maximum Gasteiger partial charge on any atom is 0.303 e. The van der Waals surface area contributed by atoms with E-state index in [1.165, 1.54) is 24.4 Å². The van der Waals surface area contributed by atoms with E-state index in [0.717, 1.165) is 17.2 Å². The molecule has 5 aromatic rings. The van der Waals surface area contributed by atoms with E-state index in [2.05, 4.69) is 9.97 Å². The molecular formula is C33H28F3N3O6S. The number of imidazole rings is 1. The van der Waals surface area contributed by atoms with Gasteiger partial charge in [0.1, 0.15) is 28.0 Å². The molecule has 3 N–H and O–H groups in total. The van der Waals surface area contributed by atoms with Crippen LogP contribution in [0.1, 0.15) is 49.4 Å². The summed E-state index contributed by atoms with van der Waals surface area (Å²) in [6.45, 7) is 2.33. The quantitative estimate of drug-likeness (QED) is 0.149. The molecule has 0 unspecified atom stereocenters. The summed E-state index contributed by atoms with van der Waals surface area (Å²) in [6, 6.07) is 10.4. The fraction of sp³-hybridized carbons (Fsp3) is 0.273. The highest BCUT2D eigenvalue weighted by atomic mass is 32.2. The zero-order valence-electron chi connectivity index (χ0n) is 24.5. The van der Waals surface area contributed by atoms with E-state index in [-0.39, 0.29) is 34.5 Å². The number of carboxylic acid groups (broad SMARTS) is 1. The number of sulfone groups is 1. The van der Waals surface area contributed by atoms with Gasteiger partial charge in [-0.15, -0.1) is 0 Å². The van der Waals surface area contributed by atoms with Crippen molar-refractivity contribution >= 4 is 26.7 Å². The molecule has 0 bridgehead atoms. The third kappa shape index (κ3) is 4.89. The number of nitrogens with zero attached hydrogens (tertiary/aromatic N) is 1. The molecule has 7 rings (SSSR count). The van der Waals surface area contributed by atoms with Crippen LogP contribution in [-0.2, 0) is 26.5 Å². The van der Waals surface area contributed by atoms with Gasteiger partial charge in [-0.3, -0.25) is 4.79 Å². The smallest absolute Gasteiger partial charge is 0.303 e. The van der Waals surface area contributed by atoms with Gasteiger partial charge in [0.15, 0.2) is 21.4 Å². The van der Waals surface area contributed by atoms with Crippen LogP contribution in [-0.4, -0.2) is 46.3 Å². The summed E-state index contributed by atoms with van der Waals surface area (Å²) < 4.78 is 84.2. The van der Waals surface area contributed by atoms with Gasteiger partial charge in [-0.1, -0.05) is 18.2 Å². The molecule has 3 aromatic carbocycles. The van der Waals surface area contributed by atoms with Crippen molar-refractivity contribution in [2.24, 2.45) is 0 Å². The van der Waals surface area contributed by atoms with Crippen LogP contribution >= 0.6 is 0 Å². The summed E-state index contributed by atoms with van der Waals surface area (Å²) in [5, 5.41) is 8.41. The lowest BCUT2D eigenvalue weighted by molar-refractivity contribution is -0.136. The van der Waals surface area contributed by atoms with Crippen LogP contribution in [0, 0.1) is 17.5 Å². The number of hydrogen-bond acceptors (Lipinski definition) is 6. The molecule has 0 amide bonds. The fourth-order valence-electron chi connectivity index (χ4n) is 6.09. The summed E-state index contributed by atoms with van der Waals surface area (Å²) in [4.78, 5) is 21.0. The average molecular weight is 652 g/mol. The van der Waals surface area contributed by atoms with Gasteiger partial charge in [0.25, 0.3) is 0 Å². The number of hydrogen-bond donors (Lipinski definition) is 3. The fourth-order valence-corrected chi connectivity index (χ4v) is 8.04. The van der Waals surface area contributed by atoms with Gasteiger partial charge in [-0.2, -0.15) is 4.39 Å². The van der Waals surface area contributed by atoms with Crippen LogP contribution in [0.25, 0.3) is 22.3 Å². The summed E-state index contributed by atoms with van der Waals surface area (Å²) in [6.07, 6.45) is 4.55. The number of para-hydroxylation sites is 1. The summed E-state index contributed by atoms with van der Waals surface area (Å²) in [7, 11) is -4.06. The van der Waals surface area contributed by atoms with E-state index in [4.69, 9.17) is 19.6 Å². The molecule has 238 valence electrons. The lowest BCUT2D eigenvalue weighted by atomic mass is 9.74. The number of nitrogens with one attached hydrogen (secondary N) is 2.